The summed E-state index contributed by atoms with van der Waals surface area (Å²) in [5.41, 5.74) is 0.536. The van der Waals surface area contributed by atoms with Crippen molar-refractivity contribution in [2.45, 2.75) is 59.2 Å². The Kier molecular flexibility index (Phi) is 6.09. The van der Waals surface area contributed by atoms with Crippen molar-refractivity contribution in [3.8, 4) is 0 Å². The molecule has 0 N–H and O–H groups in total. The van der Waals surface area contributed by atoms with E-state index in [1.807, 2.05) is 56.0 Å². The maximum atomic E-state index is 12.6. The summed E-state index contributed by atoms with van der Waals surface area (Å²) in [4.78, 5) is 28.6. The molecule has 1 saturated heterocycles. The smallest absolute Gasteiger partial charge is 0.411 e. The highest BCUT2D eigenvalue weighted by atomic mass is 16.6. The Morgan fingerprint density at radius 3 is 2.44 bits per heavy atom. The molecule has 0 bridgehead atoms. The van der Waals surface area contributed by atoms with Crippen LogP contribution in [0.4, 0.5) is 4.79 Å². The number of carbonyl (C=O) groups excluding carboxylic acids is 2. The second kappa shape index (κ2) is 7.89. The molecule has 5 nitrogen and oxygen atoms in total. The van der Waals surface area contributed by atoms with Gasteiger partial charge in [-0.2, -0.15) is 0 Å². The first-order valence-electron chi connectivity index (χ1n) is 8.97. The second-order valence-electron chi connectivity index (χ2n) is 8.15. The molecule has 2 amide bonds. The van der Waals surface area contributed by atoms with Crippen LogP contribution in [0.3, 0.4) is 0 Å². The lowest BCUT2D eigenvalue weighted by Gasteiger charge is -2.42. The van der Waals surface area contributed by atoms with Crippen molar-refractivity contribution in [3.05, 3.63) is 35.9 Å². The quantitative estimate of drug-likeness (QED) is 0.835. The summed E-state index contributed by atoms with van der Waals surface area (Å²) >= 11 is 0. The normalized spacial score (nSPS) is 18.6. The Morgan fingerprint density at radius 1 is 1.24 bits per heavy atom. The monoisotopic (exact) mass is 346 g/mol. The molecule has 0 aromatic heterocycles. The molecule has 1 heterocycles. The zero-order valence-electron chi connectivity index (χ0n) is 16.0. The van der Waals surface area contributed by atoms with Gasteiger partial charge < -0.3 is 9.64 Å². The van der Waals surface area contributed by atoms with Gasteiger partial charge in [-0.1, -0.05) is 44.2 Å². The molecule has 25 heavy (non-hydrogen) atoms. The van der Waals surface area contributed by atoms with E-state index < -0.39 is 11.7 Å². The van der Waals surface area contributed by atoms with Gasteiger partial charge >= 0.3 is 6.09 Å². The second-order valence-corrected chi connectivity index (χ2v) is 8.15. The number of benzene rings is 1. The summed E-state index contributed by atoms with van der Waals surface area (Å²) < 4.78 is 5.51. The fourth-order valence-electron chi connectivity index (χ4n) is 3.07. The molecular formula is C20H30N2O3. The van der Waals surface area contributed by atoms with Gasteiger partial charge in [0.1, 0.15) is 12.1 Å². The van der Waals surface area contributed by atoms with Crippen molar-refractivity contribution in [1.82, 2.24) is 9.80 Å². The van der Waals surface area contributed by atoms with E-state index >= 15 is 0 Å². The fraction of sp³-hybridized carbons (Fsp3) is 0.600. The van der Waals surface area contributed by atoms with Gasteiger partial charge in [0, 0.05) is 13.1 Å². The van der Waals surface area contributed by atoms with Crippen molar-refractivity contribution in [2.24, 2.45) is 5.92 Å². The van der Waals surface area contributed by atoms with Gasteiger partial charge in [-0.05, 0) is 38.7 Å². The average molecular weight is 346 g/mol. The van der Waals surface area contributed by atoms with Crippen LogP contribution in [-0.4, -0.2) is 46.5 Å². The fourth-order valence-corrected chi connectivity index (χ4v) is 3.07. The van der Waals surface area contributed by atoms with Crippen molar-refractivity contribution >= 4 is 12.0 Å². The minimum absolute atomic E-state index is 0.0173. The molecule has 5 heteroatoms. The highest BCUT2D eigenvalue weighted by molar-refractivity contribution is 5.84. The van der Waals surface area contributed by atoms with Gasteiger partial charge in [-0.25, -0.2) is 4.79 Å². The maximum Gasteiger partial charge on any atom is 0.411 e. The Bertz CT molecular complexity index is 593. The van der Waals surface area contributed by atoms with E-state index in [0.29, 0.717) is 19.0 Å². The number of nitrogens with zero attached hydrogens (tertiary/aromatic N) is 2. The predicted molar refractivity (Wildman–Crippen MR) is 98.0 cm³/mol. The molecule has 1 aliphatic rings. The van der Waals surface area contributed by atoms with Gasteiger partial charge in [0.25, 0.3) is 0 Å². The van der Waals surface area contributed by atoms with E-state index in [2.05, 4.69) is 13.8 Å². The third-order valence-electron chi connectivity index (χ3n) is 4.12. The first-order chi connectivity index (χ1) is 11.7. The number of hydrogen-bond acceptors (Lipinski definition) is 3. The van der Waals surface area contributed by atoms with Crippen LogP contribution in [0.15, 0.2) is 30.3 Å². The minimum atomic E-state index is -0.566. The molecule has 1 aliphatic heterocycles. The lowest BCUT2D eigenvalue weighted by atomic mass is 9.99. The summed E-state index contributed by atoms with van der Waals surface area (Å²) in [5.74, 6) is 0.399. The number of piperazine rings is 1. The summed E-state index contributed by atoms with van der Waals surface area (Å²) in [6, 6.07) is 9.94. The molecule has 0 aliphatic carbocycles. The van der Waals surface area contributed by atoms with Gasteiger partial charge in [0.15, 0.2) is 0 Å². The van der Waals surface area contributed by atoms with Crippen LogP contribution in [0.5, 0.6) is 0 Å². The summed E-state index contributed by atoms with van der Waals surface area (Å²) in [5, 5.41) is 0. The molecular weight excluding hydrogens is 316 g/mol. The van der Waals surface area contributed by atoms with Gasteiger partial charge in [-0.3, -0.25) is 9.69 Å². The minimum Gasteiger partial charge on any atom is -0.444 e. The molecule has 0 unspecified atom stereocenters. The van der Waals surface area contributed by atoms with Gasteiger partial charge in [-0.15, -0.1) is 0 Å². The lowest BCUT2D eigenvalue weighted by Crippen LogP contribution is -2.58. The third-order valence-corrected chi connectivity index (χ3v) is 4.12. The molecule has 2 rings (SSSR count). The summed E-state index contributed by atoms with van der Waals surface area (Å²) in [6.45, 7) is 11.0. The molecule has 1 fully saturated rings. The molecule has 138 valence electrons. The highest BCUT2D eigenvalue weighted by Crippen LogP contribution is 2.22. The largest absolute Gasteiger partial charge is 0.444 e. The van der Waals surface area contributed by atoms with Crippen molar-refractivity contribution in [1.29, 1.82) is 0 Å². The number of ether oxygens (including phenoxy) is 1. The summed E-state index contributed by atoms with van der Waals surface area (Å²) in [7, 11) is 0. The number of hydrogen-bond donors (Lipinski definition) is 0. The van der Waals surface area contributed by atoms with E-state index in [9.17, 15) is 9.59 Å². The van der Waals surface area contributed by atoms with E-state index in [1.165, 1.54) is 0 Å². The van der Waals surface area contributed by atoms with Crippen LogP contribution in [0.2, 0.25) is 0 Å². The SMILES string of the molecule is CC(C)C[C@H]1CN(Cc2ccccc2)C(=O)CN1C(=O)OC(C)(C)C. The summed E-state index contributed by atoms with van der Waals surface area (Å²) in [6.07, 6.45) is 0.448. The van der Waals surface area contributed by atoms with E-state index in [-0.39, 0.29) is 18.5 Å². The van der Waals surface area contributed by atoms with Crippen molar-refractivity contribution in [2.75, 3.05) is 13.1 Å². The van der Waals surface area contributed by atoms with Gasteiger partial charge in [0.05, 0.1) is 6.04 Å². The molecule has 0 radical (unpaired) electrons. The first-order valence-corrected chi connectivity index (χ1v) is 8.97. The van der Waals surface area contributed by atoms with Crippen LogP contribution in [-0.2, 0) is 16.1 Å². The van der Waals surface area contributed by atoms with Gasteiger partial charge in [0.2, 0.25) is 5.91 Å². The van der Waals surface area contributed by atoms with E-state index in [1.54, 1.807) is 4.90 Å². The number of amides is 2. The van der Waals surface area contributed by atoms with Crippen LogP contribution in [0.25, 0.3) is 0 Å². The van der Waals surface area contributed by atoms with E-state index in [4.69, 9.17) is 4.74 Å². The first kappa shape index (κ1) is 19.3. The molecule has 1 aromatic carbocycles. The Labute approximate surface area is 150 Å². The average Bonchev–Trinajstić information content (AvgIpc) is 2.49. The molecule has 0 spiro atoms. The Balaban J connectivity index is 2.12. The molecule has 1 atom stereocenters. The maximum absolute atomic E-state index is 12.6. The van der Waals surface area contributed by atoms with Crippen molar-refractivity contribution in [3.63, 3.8) is 0 Å². The topological polar surface area (TPSA) is 49.9 Å². The Morgan fingerprint density at radius 2 is 1.88 bits per heavy atom. The lowest BCUT2D eigenvalue weighted by molar-refractivity contribution is -0.139. The zero-order valence-corrected chi connectivity index (χ0v) is 16.0. The number of rotatable bonds is 4. The predicted octanol–water partition coefficient (Wildman–Crippen LogP) is 3.68. The van der Waals surface area contributed by atoms with Crippen molar-refractivity contribution < 1.29 is 14.3 Å². The van der Waals surface area contributed by atoms with Crippen LogP contribution >= 0.6 is 0 Å². The molecule has 0 saturated carbocycles. The Hall–Kier alpha value is -2.04. The van der Waals surface area contributed by atoms with E-state index in [0.717, 1.165) is 12.0 Å². The van der Waals surface area contributed by atoms with Crippen LogP contribution in [0.1, 0.15) is 46.6 Å². The van der Waals surface area contributed by atoms with Crippen LogP contribution in [0, 0.1) is 5.92 Å². The zero-order chi connectivity index (χ0) is 18.6. The number of carbonyl (C=O) groups is 2. The standard InChI is InChI=1S/C20H30N2O3/c1-15(2)11-17-13-21(12-16-9-7-6-8-10-16)18(23)14-22(17)19(24)25-20(3,4)5/h6-10,15,17H,11-14H2,1-5H3/t17-/m0/s1. The highest BCUT2D eigenvalue weighted by Gasteiger charge is 2.37. The third kappa shape index (κ3) is 5.76. The molecule has 1 aromatic rings. The van der Waals surface area contributed by atoms with Crippen LogP contribution < -0.4 is 0 Å².